The molecule has 2 nitrogen and oxygen atoms in total. The average molecular weight is 256 g/mol. The molecule has 2 aromatic rings. The Kier molecular flexibility index (Phi) is 2.91. The SMILES string of the molecule is Cc1ccc(F)c(C(=O)c2ccc3c(c2)COC3)c1. The Morgan fingerprint density at radius 1 is 1.11 bits per heavy atom. The summed E-state index contributed by atoms with van der Waals surface area (Å²) in [6.07, 6.45) is 0. The van der Waals surface area contributed by atoms with Crippen LogP contribution in [0, 0.1) is 12.7 Å². The summed E-state index contributed by atoms with van der Waals surface area (Å²) in [6, 6.07) is 9.98. The van der Waals surface area contributed by atoms with Gasteiger partial charge in [0.1, 0.15) is 5.82 Å². The van der Waals surface area contributed by atoms with E-state index in [0.717, 1.165) is 16.7 Å². The first-order valence-corrected chi connectivity index (χ1v) is 6.15. The average Bonchev–Trinajstić information content (AvgIpc) is 2.88. The van der Waals surface area contributed by atoms with E-state index in [0.29, 0.717) is 18.8 Å². The molecule has 0 aromatic heterocycles. The Morgan fingerprint density at radius 3 is 2.74 bits per heavy atom. The first-order valence-electron chi connectivity index (χ1n) is 6.15. The van der Waals surface area contributed by atoms with Gasteiger partial charge in [0.25, 0.3) is 0 Å². The standard InChI is InChI=1S/C16H13FO2/c1-10-2-5-15(17)14(6-10)16(18)11-3-4-12-8-19-9-13(12)7-11/h2-7H,8-9H2,1H3. The Hall–Kier alpha value is -2.00. The molecule has 0 fully saturated rings. The minimum Gasteiger partial charge on any atom is -0.372 e. The summed E-state index contributed by atoms with van der Waals surface area (Å²) < 4.78 is 19.0. The zero-order valence-electron chi connectivity index (χ0n) is 10.6. The summed E-state index contributed by atoms with van der Waals surface area (Å²) in [5, 5.41) is 0. The van der Waals surface area contributed by atoms with Gasteiger partial charge in [-0.25, -0.2) is 4.39 Å². The summed E-state index contributed by atoms with van der Waals surface area (Å²) in [5.41, 5.74) is 3.61. The Morgan fingerprint density at radius 2 is 1.89 bits per heavy atom. The summed E-state index contributed by atoms with van der Waals surface area (Å²) in [4.78, 5) is 12.3. The highest BCUT2D eigenvalue weighted by Crippen LogP contribution is 2.23. The van der Waals surface area contributed by atoms with Crippen molar-refractivity contribution >= 4 is 5.78 Å². The molecule has 1 aliphatic heterocycles. The van der Waals surface area contributed by atoms with E-state index in [2.05, 4.69) is 0 Å². The lowest BCUT2D eigenvalue weighted by atomic mass is 9.98. The van der Waals surface area contributed by atoms with Gasteiger partial charge in [0, 0.05) is 5.56 Å². The molecule has 1 aliphatic rings. The lowest BCUT2D eigenvalue weighted by molar-refractivity contribution is 0.103. The van der Waals surface area contributed by atoms with Crippen LogP contribution < -0.4 is 0 Å². The van der Waals surface area contributed by atoms with Crippen LogP contribution in [0.3, 0.4) is 0 Å². The quantitative estimate of drug-likeness (QED) is 0.770. The fourth-order valence-corrected chi connectivity index (χ4v) is 2.28. The van der Waals surface area contributed by atoms with E-state index in [-0.39, 0.29) is 11.3 Å². The van der Waals surface area contributed by atoms with E-state index >= 15 is 0 Å². The van der Waals surface area contributed by atoms with E-state index in [1.54, 1.807) is 24.3 Å². The molecule has 3 heteroatoms. The first-order chi connectivity index (χ1) is 9.15. The third-order valence-corrected chi connectivity index (χ3v) is 3.35. The number of ketones is 1. The number of fused-ring (bicyclic) bond motifs is 1. The van der Waals surface area contributed by atoms with Gasteiger partial charge < -0.3 is 4.74 Å². The molecule has 0 unspecified atom stereocenters. The number of hydrogen-bond acceptors (Lipinski definition) is 2. The number of aryl methyl sites for hydroxylation is 1. The van der Waals surface area contributed by atoms with Crippen LogP contribution in [-0.2, 0) is 18.0 Å². The van der Waals surface area contributed by atoms with Crippen molar-refractivity contribution in [2.75, 3.05) is 0 Å². The Bertz CT molecular complexity index is 662. The Labute approximate surface area is 110 Å². The molecule has 19 heavy (non-hydrogen) atoms. The molecule has 3 rings (SSSR count). The molecule has 0 saturated carbocycles. The fourth-order valence-electron chi connectivity index (χ4n) is 2.28. The van der Waals surface area contributed by atoms with Crippen LogP contribution in [0.2, 0.25) is 0 Å². The van der Waals surface area contributed by atoms with Gasteiger partial charge in [0.2, 0.25) is 0 Å². The second-order valence-corrected chi connectivity index (χ2v) is 4.79. The lowest BCUT2D eigenvalue weighted by Crippen LogP contribution is -2.05. The van der Waals surface area contributed by atoms with Gasteiger partial charge in [0.05, 0.1) is 18.8 Å². The van der Waals surface area contributed by atoms with Crippen LogP contribution in [-0.4, -0.2) is 5.78 Å². The summed E-state index contributed by atoms with van der Waals surface area (Å²) >= 11 is 0. The molecule has 1 heterocycles. The number of hydrogen-bond donors (Lipinski definition) is 0. The van der Waals surface area contributed by atoms with Gasteiger partial charge in [-0.05, 0) is 36.2 Å². The summed E-state index contributed by atoms with van der Waals surface area (Å²) in [5.74, 6) is -0.761. The normalized spacial score (nSPS) is 13.4. The number of carbonyl (C=O) groups excluding carboxylic acids is 1. The maximum atomic E-state index is 13.7. The van der Waals surface area contributed by atoms with Gasteiger partial charge in [-0.15, -0.1) is 0 Å². The molecule has 96 valence electrons. The van der Waals surface area contributed by atoms with E-state index in [9.17, 15) is 9.18 Å². The van der Waals surface area contributed by atoms with Crippen LogP contribution in [0.25, 0.3) is 0 Å². The van der Waals surface area contributed by atoms with Crippen molar-refractivity contribution in [1.82, 2.24) is 0 Å². The molecule has 0 atom stereocenters. The van der Waals surface area contributed by atoms with E-state index in [1.807, 2.05) is 13.0 Å². The highest BCUT2D eigenvalue weighted by atomic mass is 19.1. The summed E-state index contributed by atoms with van der Waals surface area (Å²) in [7, 11) is 0. The predicted octanol–water partition coefficient (Wildman–Crippen LogP) is 3.40. The molecular weight excluding hydrogens is 243 g/mol. The zero-order valence-corrected chi connectivity index (χ0v) is 10.6. The van der Waals surface area contributed by atoms with Gasteiger partial charge in [-0.3, -0.25) is 4.79 Å². The van der Waals surface area contributed by atoms with Crippen molar-refractivity contribution in [3.05, 3.63) is 70.0 Å². The minimum absolute atomic E-state index is 0.124. The Balaban J connectivity index is 2.02. The molecule has 0 radical (unpaired) electrons. The number of carbonyl (C=O) groups is 1. The van der Waals surface area contributed by atoms with Crippen molar-refractivity contribution in [1.29, 1.82) is 0 Å². The molecule has 0 spiro atoms. The van der Waals surface area contributed by atoms with E-state index < -0.39 is 5.82 Å². The van der Waals surface area contributed by atoms with Crippen molar-refractivity contribution in [2.24, 2.45) is 0 Å². The monoisotopic (exact) mass is 256 g/mol. The van der Waals surface area contributed by atoms with Crippen LogP contribution in [0.15, 0.2) is 36.4 Å². The number of ether oxygens (including phenoxy) is 1. The lowest BCUT2D eigenvalue weighted by Gasteiger charge is -2.05. The van der Waals surface area contributed by atoms with Crippen molar-refractivity contribution in [2.45, 2.75) is 20.1 Å². The third kappa shape index (κ3) is 2.17. The van der Waals surface area contributed by atoms with Gasteiger partial charge in [0.15, 0.2) is 5.78 Å². The molecule has 0 N–H and O–H groups in total. The smallest absolute Gasteiger partial charge is 0.195 e. The second kappa shape index (κ2) is 4.59. The predicted molar refractivity (Wildman–Crippen MR) is 69.5 cm³/mol. The molecule has 2 aromatic carbocycles. The van der Waals surface area contributed by atoms with Crippen LogP contribution in [0.5, 0.6) is 0 Å². The van der Waals surface area contributed by atoms with Gasteiger partial charge in [-0.1, -0.05) is 23.8 Å². The second-order valence-electron chi connectivity index (χ2n) is 4.79. The number of rotatable bonds is 2. The topological polar surface area (TPSA) is 26.3 Å². The van der Waals surface area contributed by atoms with Crippen molar-refractivity contribution in [3.63, 3.8) is 0 Å². The highest BCUT2D eigenvalue weighted by molar-refractivity contribution is 6.09. The molecule has 0 amide bonds. The molecule has 0 saturated heterocycles. The number of benzene rings is 2. The largest absolute Gasteiger partial charge is 0.372 e. The van der Waals surface area contributed by atoms with Crippen LogP contribution >= 0.6 is 0 Å². The third-order valence-electron chi connectivity index (χ3n) is 3.35. The summed E-state index contributed by atoms with van der Waals surface area (Å²) in [6.45, 7) is 2.95. The number of halogens is 1. The van der Waals surface area contributed by atoms with E-state index in [1.165, 1.54) is 6.07 Å². The minimum atomic E-state index is -0.479. The van der Waals surface area contributed by atoms with Crippen molar-refractivity contribution in [3.8, 4) is 0 Å². The molecule has 0 bridgehead atoms. The molecular formula is C16H13FO2. The van der Waals surface area contributed by atoms with E-state index in [4.69, 9.17) is 4.74 Å². The van der Waals surface area contributed by atoms with Gasteiger partial charge >= 0.3 is 0 Å². The maximum Gasteiger partial charge on any atom is 0.195 e. The first kappa shape index (κ1) is 12.1. The fraction of sp³-hybridized carbons (Fsp3) is 0.188. The van der Waals surface area contributed by atoms with Crippen LogP contribution in [0.1, 0.15) is 32.6 Å². The zero-order chi connectivity index (χ0) is 13.4. The molecule has 0 aliphatic carbocycles. The van der Waals surface area contributed by atoms with Gasteiger partial charge in [-0.2, -0.15) is 0 Å². The van der Waals surface area contributed by atoms with Crippen LogP contribution in [0.4, 0.5) is 4.39 Å². The van der Waals surface area contributed by atoms with Crippen molar-refractivity contribution < 1.29 is 13.9 Å². The maximum absolute atomic E-state index is 13.7. The highest BCUT2D eigenvalue weighted by Gasteiger charge is 2.17.